The van der Waals surface area contributed by atoms with E-state index in [0.29, 0.717) is 0 Å². The second-order valence-electron chi connectivity index (χ2n) is 9.59. The summed E-state index contributed by atoms with van der Waals surface area (Å²) < 4.78 is 3.58. The molecule has 6 aromatic carbocycles. The minimum Gasteiger partial charge on any atom is -0.310 e. The third-order valence-corrected chi connectivity index (χ3v) is 8.66. The average Bonchev–Trinajstić information content (AvgIpc) is 3.38. The van der Waals surface area contributed by atoms with E-state index >= 15 is 0 Å². The molecule has 40 heavy (non-hydrogen) atoms. The molecule has 0 unspecified atom stereocenters. The zero-order chi connectivity index (χ0) is 26.9. The zero-order valence-electron chi connectivity index (χ0n) is 21.6. The minimum absolute atomic E-state index is 1.05. The van der Waals surface area contributed by atoms with Crippen molar-refractivity contribution < 1.29 is 0 Å². The Balaban J connectivity index is 1.57. The summed E-state index contributed by atoms with van der Waals surface area (Å²) in [7, 11) is 0. The molecule has 0 N–H and O–H groups in total. The lowest BCUT2D eigenvalue weighted by Crippen LogP contribution is -2.13. The third kappa shape index (κ3) is 4.56. The largest absolute Gasteiger partial charge is 0.310 e. The molecule has 0 aliphatic rings. The van der Waals surface area contributed by atoms with Crippen molar-refractivity contribution in [3.8, 4) is 0 Å². The number of thiophene rings is 1. The second kappa shape index (κ2) is 10.6. The molecule has 0 radical (unpaired) electrons. The standard InChI is InChI=1S/C36H25BrN2S/c37-26-13-12-20-30(23-26)38(27-14-4-1-5-15-27)31-24-33(36-32-21-10-11-22-34(32)40-35(36)25-31)39(28-16-6-2-7-17-28)29-18-8-3-9-19-29/h1-25H. The van der Waals surface area contributed by atoms with Crippen LogP contribution in [-0.2, 0) is 0 Å². The van der Waals surface area contributed by atoms with Crippen LogP contribution in [-0.4, -0.2) is 0 Å². The van der Waals surface area contributed by atoms with Gasteiger partial charge in [-0.05, 0) is 72.8 Å². The Kier molecular flexibility index (Phi) is 6.56. The molecule has 0 bridgehead atoms. The number of anilines is 6. The van der Waals surface area contributed by atoms with E-state index in [1.165, 1.54) is 20.2 Å². The highest BCUT2D eigenvalue weighted by molar-refractivity contribution is 9.10. The predicted molar refractivity (Wildman–Crippen MR) is 176 cm³/mol. The van der Waals surface area contributed by atoms with Crippen molar-refractivity contribution in [3.05, 3.63) is 156 Å². The molecule has 0 saturated heterocycles. The molecule has 0 amide bonds. The van der Waals surface area contributed by atoms with Crippen molar-refractivity contribution in [3.63, 3.8) is 0 Å². The lowest BCUT2D eigenvalue weighted by atomic mass is 10.1. The number of hydrogen-bond donors (Lipinski definition) is 0. The molecule has 2 nitrogen and oxygen atoms in total. The predicted octanol–water partition coefficient (Wildman–Crippen LogP) is 11.8. The molecule has 192 valence electrons. The first kappa shape index (κ1) is 24.6. The highest BCUT2D eigenvalue weighted by Gasteiger charge is 2.22. The van der Waals surface area contributed by atoms with Crippen LogP contribution < -0.4 is 9.80 Å². The topological polar surface area (TPSA) is 6.48 Å². The molecule has 0 aliphatic carbocycles. The Bertz CT molecular complexity index is 1880. The van der Waals surface area contributed by atoms with Crippen molar-refractivity contribution in [2.24, 2.45) is 0 Å². The first-order valence-electron chi connectivity index (χ1n) is 13.2. The number of benzene rings is 6. The van der Waals surface area contributed by atoms with Crippen molar-refractivity contribution in [1.29, 1.82) is 0 Å². The van der Waals surface area contributed by atoms with Gasteiger partial charge in [-0.2, -0.15) is 0 Å². The summed E-state index contributed by atoms with van der Waals surface area (Å²) in [4.78, 5) is 4.72. The smallest absolute Gasteiger partial charge is 0.0575 e. The Labute approximate surface area is 246 Å². The van der Waals surface area contributed by atoms with Crippen LogP contribution in [0.4, 0.5) is 34.1 Å². The van der Waals surface area contributed by atoms with Crippen molar-refractivity contribution in [2.45, 2.75) is 0 Å². The highest BCUT2D eigenvalue weighted by atomic mass is 79.9. The summed E-state index contributed by atoms with van der Waals surface area (Å²) in [5, 5.41) is 2.54. The van der Waals surface area contributed by atoms with Crippen LogP contribution in [0.1, 0.15) is 0 Å². The summed E-state index contributed by atoms with van der Waals surface area (Å²) in [5.41, 5.74) is 6.71. The maximum atomic E-state index is 3.70. The maximum Gasteiger partial charge on any atom is 0.0575 e. The van der Waals surface area contributed by atoms with Crippen molar-refractivity contribution in [2.75, 3.05) is 9.80 Å². The number of para-hydroxylation sites is 3. The average molecular weight is 598 g/mol. The number of rotatable bonds is 6. The zero-order valence-corrected chi connectivity index (χ0v) is 24.0. The molecule has 7 aromatic rings. The summed E-state index contributed by atoms with van der Waals surface area (Å²) in [6.07, 6.45) is 0. The fourth-order valence-electron chi connectivity index (χ4n) is 5.34. The first-order valence-corrected chi connectivity index (χ1v) is 14.8. The maximum absolute atomic E-state index is 3.70. The van der Waals surface area contributed by atoms with E-state index in [1.54, 1.807) is 0 Å². The van der Waals surface area contributed by atoms with E-state index < -0.39 is 0 Å². The first-order chi connectivity index (χ1) is 19.8. The highest BCUT2D eigenvalue weighted by Crippen LogP contribution is 2.48. The Morgan fingerprint density at radius 1 is 0.425 bits per heavy atom. The molecule has 4 heteroatoms. The summed E-state index contributed by atoms with van der Waals surface area (Å²) in [6, 6.07) is 53.8. The van der Waals surface area contributed by atoms with E-state index in [2.05, 4.69) is 177 Å². The monoisotopic (exact) mass is 596 g/mol. The second-order valence-corrected chi connectivity index (χ2v) is 11.6. The fourth-order valence-corrected chi connectivity index (χ4v) is 6.89. The SMILES string of the molecule is Brc1cccc(N(c2ccccc2)c2cc(N(c3ccccc3)c3ccccc3)c3c(c2)sc2ccccc23)c1. The van der Waals surface area contributed by atoms with E-state index in [-0.39, 0.29) is 0 Å². The van der Waals surface area contributed by atoms with E-state index in [0.717, 1.165) is 38.6 Å². The molecule has 1 heterocycles. The normalized spacial score (nSPS) is 11.1. The molecule has 0 atom stereocenters. The molecule has 0 aliphatic heterocycles. The number of hydrogen-bond acceptors (Lipinski definition) is 3. The van der Waals surface area contributed by atoms with Gasteiger partial charge in [0.05, 0.1) is 5.69 Å². The summed E-state index contributed by atoms with van der Waals surface area (Å²) in [6.45, 7) is 0. The molecule has 0 saturated carbocycles. The summed E-state index contributed by atoms with van der Waals surface area (Å²) in [5.74, 6) is 0. The van der Waals surface area contributed by atoms with Crippen LogP contribution in [0, 0.1) is 0 Å². The molecule has 0 spiro atoms. The van der Waals surface area contributed by atoms with Crippen LogP contribution in [0.15, 0.2) is 156 Å². The minimum atomic E-state index is 1.05. The van der Waals surface area contributed by atoms with Gasteiger partial charge >= 0.3 is 0 Å². The van der Waals surface area contributed by atoms with Crippen molar-refractivity contribution in [1.82, 2.24) is 0 Å². The van der Waals surface area contributed by atoms with Gasteiger partial charge in [0.25, 0.3) is 0 Å². The molecular weight excluding hydrogens is 572 g/mol. The molecule has 7 rings (SSSR count). The number of fused-ring (bicyclic) bond motifs is 3. The van der Waals surface area contributed by atoms with Gasteiger partial charge in [-0.15, -0.1) is 11.3 Å². The molecule has 1 aromatic heterocycles. The fraction of sp³-hybridized carbons (Fsp3) is 0. The Morgan fingerprint density at radius 2 is 0.975 bits per heavy atom. The van der Waals surface area contributed by atoms with Crippen LogP contribution in [0.2, 0.25) is 0 Å². The van der Waals surface area contributed by atoms with E-state index in [4.69, 9.17) is 0 Å². The van der Waals surface area contributed by atoms with Crippen LogP contribution in [0.25, 0.3) is 20.2 Å². The van der Waals surface area contributed by atoms with Crippen LogP contribution in [0.5, 0.6) is 0 Å². The lowest BCUT2D eigenvalue weighted by molar-refractivity contribution is 1.26. The number of halogens is 1. The molecular formula is C36H25BrN2S. The Hall–Kier alpha value is -4.38. The van der Waals surface area contributed by atoms with Gasteiger partial charge in [-0.1, -0.05) is 94.8 Å². The van der Waals surface area contributed by atoms with E-state index in [1.807, 2.05) is 11.3 Å². The van der Waals surface area contributed by atoms with Gasteiger partial charge in [0, 0.05) is 53.1 Å². The van der Waals surface area contributed by atoms with Crippen LogP contribution in [0.3, 0.4) is 0 Å². The molecule has 0 fully saturated rings. The van der Waals surface area contributed by atoms with Gasteiger partial charge in [0.1, 0.15) is 0 Å². The van der Waals surface area contributed by atoms with Gasteiger partial charge in [-0.25, -0.2) is 0 Å². The number of nitrogens with zero attached hydrogens (tertiary/aromatic N) is 2. The lowest BCUT2D eigenvalue weighted by Gasteiger charge is -2.30. The Morgan fingerprint density at radius 3 is 1.60 bits per heavy atom. The quantitative estimate of drug-likeness (QED) is 0.188. The third-order valence-electron chi connectivity index (χ3n) is 7.05. The van der Waals surface area contributed by atoms with Gasteiger partial charge in [0.15, 0.2) is 0 Å². The summed E-state index contributed by atoms with van der Waals surface area (Å²) >= 11 is 5.55. The van der Waals surface area contributed by atoms with Gasteiger partial charge in [-0.3, -0.25) is 0 Å². The van der Waals surface area contributed by atoms with E-state index in [9.17, 15) is 0 Å². The van der Waals surface area contributed by atoms with Gasteiger partial charge in [0.2, 0.25) is 0 Å². The van der Waals surface area contributed by atoms with Crippen LogP contribution >= 0.6 is 27.3 Å². The van der Waals surface area contributed by atoms with Gasteiger partial charge < -0.3 is 9.80 Å². The van der Waals surface area contributed by atoms with Crippen molar-refractivity contribution >= 4 is 81.6 Å².